The first kappa shape index (κ1) is 25.2. The van der Waals surface area contributed by atoms with Crippen LogP contribution in [-0.4, -0.2) is 59.9 Å². The normalized spacial score (nSPS) is 20.7. The van der Waals surface area contributed by atoms with Crippen LogP contribution in [0.3, 0.4) is 0 Å². The molecule has 204 valence electrons. The first-order chi connectivity index (χ1) is 19.4. The number of amidine groups is 1. The summed E-state index contributed by atoms with van der Waals surface area (Å²) in [5.74, 6) is 1.74. The van der Waals surface area contributed by atoms with Gasteiger partial charge in [-0.15, -0.1) is 5.10 Å². The fourth-order valence-electron chi connectivity index (χ4n) is 5.43. The smallest absolute Gasteiger partial charge is 0.246 e. The van der Waals surface area contributed by atoms with Gasteiger partial charge in [0.25, 0.3) is 0 Å². The number of aliphatic imine (C=N–C) groups is 1. The lowest BCUT2D eigenvalue weighted by Gasteiger charge is -2.24. The largest absolute Gasteiger partial charge is 0.327 e. The zero-order valence-corrected chi connectivity index (χ0v) is 22.7. The topological polar surface area (TPSA) is 106 Å². The van der Waals surface area contributed by atoms with Crippen molar-refractivity contribution in [1.29, 1.82) is 0 Å². The van der Waals surface area contributed by atoms with Gasteiger partial charge in [0.2, 0.25) is 11.9 Å². The van der Waals surface area contributed by atoms with Gasteiger partial charge in [0.05, 0.1) is 25.0 Å². The highest BCUT2D eigenvalue weighted by Gasteiger charge is 2.40. The molecular weight excluding hydrogens is 556 g/mol. The van der Waals surface area contributed by atoms with Crippen LogP contribution in [0.15, 0.2) is 59.6 Å². The molecule has 1 N–H and O–H groups in total. The molecule has 0 radical (unpaired) electrons. The minimum atomic E-state index is -0.593. The number of aromatic nitrogens is 6. The molecule has 4 aromatic rings. The summed E-state index contributed by atoms with van der Waals surface area (Å²) in [6.07, 6.45) is 9.88. The van der Waals surface area contributed by atoms with E-state index in [1.165, 1.54) is 30.7 Å². The molecule has 0 bridgehead atoms. The molecule has 4 aromatic heterocycles. The lowest BCUT2D eigenvalue weighted by Crippen LogP contribution is -2.38. The number of halogens is 3. The molecule has 1 saturated carbocycles. The predicted molar refractivity (Wildman–Crippen MR) is 150 cm³/mol. The fraction of sp³-hybridized carbons (Fsp3) is 0.333. The van der Waals surface area contributed by atoms with Crippen molar-refractivity contribution in [3.8, 4) is 0 Å². The van der Waals surface area contributed by atoms with Crippen LogP contribution in [-0.2, 0) is 11.2 Å². The van der Waals surface area contributed by atoms with Crippen LogP contribution >= 0.6 is 23.2 Å². The first-order valence-corrected chi connectivity index (χ1v) is 13.8. The number of carbonyl (C=O) groups excluding carboxylic acids is 1. The molecule has 2 atom stereocenters. The van der Waals surface area contributed by atoms with Gasteiger partial charge >= 0.3 is 0 Å². The molecule has 6 heterocycles. The molecule has 40 heavy (non-hydrogen) atoms. The van der Waals surface area contributed by atoms with Gasteiger partial charge < -0.3 is 14.8 Å². The summed E-state index contributed by atoms with van der Waals surface area (Å²) in [6.45, 7) is 1.11. The van der Waals surface area contributed by atoms with Crippen molar-refractivity contribution >= 4 is 52.1 Å². The molecular formula is C27H24Cl2FN9O. The number of carbonyl (C=O) groups is 1. The molecule has 13 heteroatoms. The monoisotopic (exact) mass is 579 g/mol. The highest BCUT2D eigenvalue weighted by molar-refractivity contribution is 6.40. The van der Waals surface area contributed by atoms with E-state index in [1.54, 1.807) is 21.5 Å². The molecule has 7 rings (SSSR count). The second-order valence-corrected chi connectivity index (χ2v) is 11.1. The van der Waals surface area contributed by atoms with E-state index >= 15 is 0 Å². The van der Waals surface area contributed by atoms with Crippen molar-refractivity contribution in [2.45, 2.75) is 37.8 Å². The Morgan fingerprint density at radius 2 is 2.05 bits per heavy atom. The second kappa shape index (κ2) is 9.97. The molecule has 1 aliphatic carbocycles. The summed E-state index contributed by atoms with van der Waals surface area (Å²) in [5.41, 5.74) is 2.77. The average molecular weight is 580 g/mol. The van der Waals surface area contributed by atoms with E-state index in [1.807, 2.05) is 23.2 Å². The molecule has 2 aliphatic heterocycles. The zero-order chi connectivity index (χ0) is 27.4. The standard InChI is InChI=1S/C27H24Cl2FN9O/c28-24-25(29)38(14-33-24)18-10-20(21(40)8-15-3-6-22(30)31-11-15)37(13-18)27-35-26(19-2-1-7-39(19)36-27)34-23-9-17(12-32-23)16-4-5-16/h1-3,6-7,9,11,14,16,18,20H,4-5,8,10,12-13H2,(H,32,34,35,36)/t18-,20-/m0/s1. The quantitative estimate of drug-likeness (QED) is 0.320. The van der Waals surface area contributed by atoms with E-state index in [9.17, 15) is 9.18 Å². The molecule has 0 spiro atoms. The van der Waals surface area contributed by atoms with Crippen molar-refractivity contribution in [2.75, 3.05) is 23.3 Å². The number of hydrogen-bond donors (Lipinski definition) is 1. The van der Waals surface area contributed by atoms with Crippen LogP contribution < -0.4 is 10.2 Å². The molecule has 0 aromatic carbocycles. The SMILES string of the molecule is O=C(Cc1ccc(F)nc1)[C@@H]1C[C@H](n2cnc(Cl)c2Cl)CN1c1nc(NC2=NCC(C3CC3)=C2)c2cccn2n1. The van der Waals surface area contributed by atoms with Crippen molar-refractivity contribution in [1.82, 2.24) is 29.1 Å². The van der Waals surface area contributed by atoms with E-state index in [0.29, 0.717) is 47.9 Å². The van der Waals surface area contributed by atoms with Gasteiger partial charge in [-0.25, -0.2) is 14.5 Å². The van der Waals surface area contributed by atoms with Crippen molar-refractivity contribution < 1.29 is 9.18 Å². The van der Waals surface area contributed by atoms with Gasteiger partial charge in [-0.3, -0.25) is 9.79 Å². The maximum atomic E-state index is 13.7. The van der Waals surface area contributed by atoms with Crippen LogP contribution in [0.4, 0.5) is 16.2 Å². The number of imidazole rings is 1. The maximum Gasteiger partial charge on any atom is 0.246 e. The van der Waals surface area contributed by atoms with Crippen molar-refractivity contribution in [2.24, 2.45) is 10.9 Å². The van der Waals surface area contributed by atoms with Crippen molar-refractivity contribution in [3.05, 3.63) is 76.5 Å². The summed E-state index contributed by atoms with van der Waals surface area (Å²) >= 11 is 12.6. The van der Waals surface area contributed by atoms with Crippen LogP contribution in [0.25, 0.3) is 5.52 Å². The average Bonchev–Trinajstić information content (AvgIpc) is 3.29. The Morgan fingerprint density at radius 3 is 2.80 bits per heavy atom. The van der Waals surface area contributed by atoms with E-state index in [0.717, 1.165) is 11.4 Å². The van der Waals surface area contributed by atoms with Gasteiger partial charge in [-0.05, 0) is 60.6 Å². The number of nitrogens with one attached hydrogen (secondary N) is 1. The number of ketones is 1. The number of pyridine rings is 1. The predicted octanol–water partition coefficient (Wildman–Crippen LogP) is 4.56. The Bertz CT molecular complexity index is 1670. The van der Waals surface area contributed by atoms with Gasteiger partial charge in [0.1, 0.15) is 16.5 Å². The number of Topliss-reactive ketones (excluding diaryl/α,β-unsaturated/α-hetero) is 1. The third kappa shape index (κ3) is 4.73. The maximum absolute atomic E-state index is 13.7. The van der Waals surface area contributed by atoms with Crippen LogP contribution in [0.2, 0.25) is 10.3 Å². The van der Waals surface area contributed by atoms with Gasteiger partial charge in [0.15, 0.2) is 16.8 Å². The fourth-order valence-corrected chi connectivity index (χ4v) is 5.80. The molecule has 1 saturated heterocycles. The zero-order valence-electron chi connectivity index (χ0n) is 21.2. The summed E-state index contributed by atoms with van der Waals surface area (Å²) in [7, 11) is 0. The van der Waals surface area contributed by atoms with E-state index in [2.05, 4.69) is 26.4 Å². The van der Waals surface area contributed by atoms with E-state index in [4.69, 9.17) is 33.3 Å². The lowest BCUT2D eigenvalue weighted by molar-refractivity contribution is -0.119. The number of rotatable bonds is 7. The lowest BCUT2D eigenvalue weighted by atomic mass is 10.0. The molecule has 0 unspecified atom stereocenters. The molecule has 10 nitrogen and oxygen atoms in total. The second-order valence-electron chi connectivity index (χ2n) is 10.3. The van der Waals surface area contributed by atoms with Gasteiger partial charge in [-0.2, -0.15) is 9.37 Å². The Labute approximate surface area is 238 Å². The van der Waals surface area contributed by atoms with E-state index < -0.39 is 12.0 Å². The minimum absolute atomic E-state index is 0.0684. The van der Waals surface area contributed by atoms with Crippen LogP contribution in [0.1, 0.15) is 30.9 Å². The Balaban J connectivity index is 1.23. The summed E-state index contributed by atoms with van der Waals surface area (Å²) < 4.78 is 16.9. The number of nitrogens with zero attached hydrogens (tertiary/aromatic N) is 8. The number of anilines is 2. The minimum Gasteiger partial charge on any atom is -0.327 e. The first-order valence-electron chi connectivity index (χ1n) is 13.1. The summed E-state index contributed by atoms with van der Waals surface area (Å²) in [6, 6.07) is 5.87. The molecule has 0 amide bonds. The third-order valence-electron chi connectivity index (χ3n) is 7.64. The summed E-state index contributed by atoms with van der Waals surface area (Å²) in [5, 5.41) is 8.65. The number of hydrogen-bond acceptors (Lipinski definition) is 8. The van der Waals surface area contributed by atoms with Crippen molar-refractivity contribution in [3.63, 3.8) is 0 Å². The Kier molecular flexibility index (Phi) is 6.27. The summed E-state index contributed by atoms with van der Waals surface area (Å²) in [4.78, 5) is 32.9. The van der Waals surface area contributed by atoms with E-state index in [-0.39, 0.29) is 23.4 Å². The molecule has 2 fully saturated rings. The number of fused-ring (bicyclic) bond motifs is 1. The van der Waals surface area contributed by atoms with Crippen LogP contribution in [0, 0.1) is 11.9 Å². The Hall–Kier alpha value is -3.83. The highest BCUT2D eigenvalue weighted by atomic mass is 35.5. The third-order valence-corrected chi connectivity index (χ3v) is 8.39. The molecule has 3 aliphatic rings. The highest BCUT2D eigenvalue weighted by Crippen LogP contribution is 2.38. The van der Waals surface area contributed by atoms with Gasteiger partial charge in [-0.1, -0.05) is 29.3 Å². The Morgan fingerprint density at radius 1 is 1.18 bits per heavy atom. The van der Waals surface area contributed by atoms with Gasteiger partial charge in [0, 0.05) is 25.4 Å². The van der Waals surface area contributed by atoms with Crippen LogP contribution in [0.5, 0.6) is 0 Å².